The number of alkyl carbamates (subject to hydrolysis) is 1. The summed E-state index contributed by atoms with van der Waals surface area (Å²) in [7, 11) is 0. The van der Waals surface area contributed by atoms with E-state index >= 15 is 0 Å². The number of carbonyl (C=O) groups excluding carboxylic acids is 1. The van der Waals surface area contributed by atoms with Gasteiger partial charge in [0.05, 0.1) is 0 Å². The largest absolute Gasteiger partial charge is 0.480 e. The fraction of sp³-hybridized carbons (Fsp3) is 0.222. The molecule has 2 aromatic carbocycles. The molecule has 0 aliphatic rings. The third-order valence-electron chi connectivity index (χ3n) is 3.48. The highest BCUT2D eigenvalue weighted by Crippen LogP contribution is 2.17. The lowest BCUT2D eigenvalue weighted by molar-refractivity contribution is -0.139. The van der Waals surface area contributed by atoms with Crippen molar-refractivity contribution in [2.24, 2.45) is 0 Å². The highest BCUT2D eigenvalue weighted by molar-refractivity contribution is 6.31. The first-order valence-corrected chi connectivity index (χ1v) is 7.78. The molecule has 0 spiro atoms. The van der Waals surface area contributed by atoms with Crippen LogP contribution in [0.2, 0.25) is 5.02 Å². The molecule has 0 aliphatic carbocycles. The Balaban J connectivity index is 1.93. The molecule has 0 saturated carbocycles. The molecule has 24 heavy (non-hydrogen) atoms. The van der Waals surface area contributed by atoms with Crippen LogP contribution >= 0.6 is 11.6 Å². The standard InChI is InChI=1S/C18H18ClNO4/c1-12-7-8-14(9-15(12)19)10-16(17(21)22)20-18(23)24-11-13-5-3-2-4-6-13/h2-9,16H,10-11H2,1H3,(H,20,23)(H,21,22). The zero-order valence-corrected chi connectivity index (χ0v) is 13.9. The fourth-order valence-corrected chi connectivity index (χ4v) is 2.31. The number of aliphatic carboxylic acids is 1. The molecule has 6 heteroatoms. The second kappa shape index (κ2) is 8.36. The van der Waals surface area contributed by atoms with Crippen LogP contribution in [0.5, 0.6) is 0 Å². The van der Waals surface area contributed by atoms with Crippen LogP contribution in [0.3, 0.4) is 0 Å². The van der Waals surface area contributed by atoms with Gasteiger partial charge in [0.1, 0.15) is 12.6 Å². The number of ether oxygens (including phenoxy) is 1. The van der Waals surface area contributed by atoms with E-state index in [1.807, 2.05) is 43.3 Å². The molecule has 0 aromatic heterocycles. The predicted molar refractivity (Wildman–Crippen MR) is 91.1 cm³/mol. The smallest absolute Gasteiger partial charge is 0.408 e. The number of aryl methyl sites for hydroxylation is 1. The molecule has 0 heterocycles. The van der Waals surface area contributed by atoms with Gasteiger partial charge in [-0.05, 0) is 29.7 Å². The van der Waals surface area contributed by atoms with Crippen molar-refractivity contribution in [3.63, 3.8) is 0 Å². The summed E-state index contributed by atoms with van der Waals surface area (Å²) in [6, 6.07) is 13.4. The maximum absolute atomic E-state index is 11.8. The van der Waals surface area contributed by atoms with Crippen molar-refractivity contribution in [3.8, 4) is 0 Å². The van der Waals surface area contributed by atoms with Gasteiger partial charge < -0.3 is 15.2 Å². The van der Waals surface area contributed by atoms with E-state index in [1.165, 1.54) is 0 Å². The third kappa shape index (κ3) is 5.28. The summed E-state index contributed by atoms with van der Waals surface area (Å²) in [4.78, 5) is 23.2. The maximum Gasteiger partial charge on any atom is 0.408 e. The van der Waals surface area contributed by atoms with E-state index in [9.17, 15) is 14.7 Å². The molecule has 5 nitrogen and oxygen atoms in total. The molecular weight excluding hydrogens is 330 g/mol. The normalized spacial score (nSPS) is 11.6. The van der Waals surface area contributed by atoms with E-state index in [0.717, 1.165) is 16.7 Å². The summed E-state index contributed by atoms with van der Waals surface area (Å²) in [5.74, 6) is -1.14. The number of benzene rings is 2. The number of halogens is 1. The van der Waals surface area contributed by atoms with E-state index in [4.69, 9.17) is 16.3 Å². The lowest BCUT2D eigenvalue weighted by atomic mass is 10.0. The van der Waals surface area contributed by atoms with Gasteiger partial charge in [0.15, 0.2) is 0 Å². The van der Waals surface area contributed by atoms with Gasteiger partial charge in [-0.2, -0.15) is 0 Å². The first-order chi connectivity index (χ1) is 11.5. The van der Waals surface area contributed by atoms with Crippen molar-refractivity contribution in [1.82, 2.24) is 5.32 Å². The van der Waals surface area contributed by atoms with Crippen LogP contribution in [0.4, 0.5) is 4.79 Å². The van der Waals surface area contributed by atoms with E-state index in [0.29, 0.717) is 5.02 Å². The lowest BCUT2D eigenvalue weighted by Crippen LogP contribution is -2.42. The molecule has 1 amide bonds. The molecule has 1 atom stereocenters. The highest BCUT2D eigenvalue weighted by Gasteiger charge is 2.21. The number of carboxylic acid groups (broad SMARTS) is 1. The Morgan fingerprint density at radius 3 is 2.50 bits per heavy atom. The minimum atomic E-state index is -1.14. The molecule has 0 saturated heterocycles. The van der Waals surface area contributed by atoms with Crippen LogP contribution in [-0.4, -0.2) is 23.2 Å². The van der Waals surface area contributed by atoms with Crippen LogP contribution in [0, 0.1) is 6.92 Å². The lowest BCUT2D eigenvalue weighted by Gasteiger charge is -2.15. The predicted octanol–water partition coefficient (Wildman–Crippen LogP) is 3.57. The van der Waals surface area contributed by atoms with Crippen LogP contribution in [0.15, 0.2) is 48.5 Å². The van der Waals surface area contributed by atoms with Gasteiger partial charge in [-0.25, -0.2) is 9.59 Å². The maximum atomic E-state index is 11.8. The number of hydrogen-bond acceptors (Lipinski definition) is 3. The molecule has 2 N–H and O–H groups in total. The van der Waals surface area contributed by atoms with Crippen LogP contribution in [0.1, 0.15) is 16.7 Å². The Labute approximate surface area is 145 Å². The van der Waals surface area contributed by atoms with Gasteiger partial charge in [-0.1, -0.05) is 54.1 Å². The van der Waals surface area contributed by atoms with Crippen molar-refractivity contribution < 1.29 is 19.4 Å². The monoisotopic (exact) mass is 347 g/mol. The Bertz CT molecular complexity index is 718. The summed E-state index contributed by atoms with van der Waals surface area (Å²) in [6.07, 6.45) is -0.653. The zero-order chi connectivity index (χ0) is 17.5. The highest BCUT2D eigenvalue weighted by atomic mass is 35.5. The summed E-state index contributed by atoms with van der Waals surface area (Å²) < 4.78 is 5.05. The Morgan fingerprint density at radius 1 is 1.17 bits per heavy atom. The Kier molecular flexibility index (Phi) is 6.21. The van der Waals surface area contributed by atoms with Crippen LogP contribution in [0.25, 0.3) is 0 Å². The van der Waals surface area contributed by atoms with E-state index in [2.05, 4.69) is 5.32 Å². The molecule has 0 fully saturated rings. The fourth-order valence-electron chi connectivity index (χ4n) is 2.11. The summed E-state index contributed by atoms with van der Waals surface area (Å²) in [5.41, 5.74) is 2.45. The van der Waals surface area contributed by atoms with Gasteiger partial charge in [-0.15, -0.1) is 0 Å². The average Bonchev–Trinajstić information content (AvgIpc) is 2.56. The van der Waals surface area contributed by atoms with Crippen LogP contribution in [-0.2, 0) is 22.6 Å². The Hall–Kier alpha value is -2.53. The number of carbonyl (C=O) groups is 2. The molecular formula is C18H18ClNO4. The minimum absolute atomic E-state index is 0.0787. The molecule has 0 bridgehead atoms. The van der Waals surface area contributed by atoms with Crippen molar-refractivity contribution in [2.75, 3.05) is 0 Å². The molecule has 0 aliphatic heterocycles. The first-order valence-electron chi connectivity index (χ1n) is 7.41. The zero-order valence-electron chi connectivity index (χ0n) is 13.2. The number of rotatable bonds is 6. The van der Waals surface area contributed by atoms with E-state index in [-0.39, 0.29) is 13.0 Å². The molecule has 1 unspecified atom stereocenters. The molecule has 0 radical (unpaired) electrons. The van der Waals surface area contributed by atoms with Crippen molar-refractivity contribution in [3.05, 3.63) is 70.2 Å². The van der Waals surface area contributed by atoms with Gasteiger partial charge in [0.25, 0.3) is 0 Å². The average molecular weight is 348 g/mol. The molecule has 2 aromatic rings. The van der Waals surface area contributed by atoms with Gasteiger partial charge in [0.2, 0.25) is 0 Å². The number of nitrogens with one attached hydrogen (secondary N) is 1. The SMILES string of the molecule is Cc1ccc(CC(NC(=O)OCc2ccccc2)C(=O)O)cc1Cl. The van der Waals surface area contributed by atoms with Gasteiger partial charge >= 0.3 is 12.1 Å². The minimum Gasteiger partial charge on any atom is -0.480 e. The summed E-state index contributed by atoms with van der Waals surface area (Å²) in [6.45, 7) is 1.94. The van der Waals surface area contributed by atoms with E-state index < -0.39 is 18.1 Å². The van der Waals surface area contributed by atoms with Crippen molar-refractivity contribution in [1.29, 1.82) is 0 Å². The van der Waals surface area contributed by atoms with Gasteiger partial charge in [0, 0.05) is 11.4 Å². The molecule has 126 valence electrons. The Morgan fingerprint density at radius 2 is 1.88 bits per heavy atom. The van der Waals surface area contributed by atoms with Crippen molar-refractivity contribution >= 4 is 23.7 Å². The number of hydrogen-bond donors (Lipinski definition) is 2. The van der Waals surface area contributed by atoms with Gasteiger partial charge in [-0.3, -0.25) is 0 Å². The number of carboxylic acids is 1. The first kappa shape index (κ1) is 17.8. The second-order valence-corrected chi connectivity index (χ2v) is 5.79. The van der Waals surface area contributed by atoms with Crippen LogP contribution < -0.4 is 5.32 Å². The second-order valence-electron chi connectivity index (χ2n) is 5.38. The number of amides is 1. The summed E-state index contributed by atoms with van der Waals surface area (Å²) >= 11 is 6.04. The molecule has 2 rings (SSSR count). The third-order valence-corrected chi connectivity index (χ3v) is 3.89. The summed E-state index contributed by atoms with van der Waals surface area (Å²) in [5, 5.41) is 12.2. The topological polar surface area (TPSA) is 75.6 Å². The van der Waals surface area contributed by atoms with Crippen molar-refractivity contribution in [2.45, 2.75) is 26.0 Å². The quantitative estimate of drug-likeness (QED) is 0.837. The van der Waals surface area contributed by atoms with E-state index in [1.54, 1.807) is 12.1 Å².